The molecule has 4 rings (SSSR count). The predicted molar refractivity (Wildman–Crippen MR) is 106 cm³/mol. The maximum absolute atomic E-state index is 12.9. The number of aromatic nitrogens is 2. The molecule has 0 atom stereocenters. The summed E-state index contributed by atoms with van der Waals surface area (Å²) in [6.45, 7) is 0.181. The minimum Gasteiger partial charge on any atom is -0.454 e. The van der Waals surface area contributed by atoms with Gasteiger partial charge in [-0.05, 0) is 48.4 Å². The monoisotopic (exact) mass is 447 g/mol. The number of nitrogens with zero attached hydrogens (tertiary/aromatic N) is 2. The van der Waals surface area contributed by atoms with Crippen LogP contribution in [-0.2, 0) is 21.1 Å². The summed E-state index contributed by atoms with van der Waals surface area (Å²) in [5, 5.41) is 10.1. The quantitative estimate of drug-likeness (QED) is 0.523. The van der Waals surface area contributed by atoms with Gasteiger partial charge in [0, 0.05) is 6.42 Å². The molecule has 2 heterocycles. The van der Waals surface area contributed by atoms with E-state index in [1.165, 1.54) is 12.1 Å². The fraction of sp³-hybridized carbons (Fsp3) is 0.250. The minimum absolute atomic E-state index is 0.0133. The number of anilines is 1. The van der Waals surface area contributed by atoms with E-state index in [4.69, 9.17) is 13.9 Å². The zero-order valence-corrected chi connectivity index (χ0v) is 17.0. The molecule has 2 aromatic carbocycles. The van der Waals surface area contributed by atoms with Crippen molar-refractivity contribution in [3.63, 3.8) is 0 Å². The largest absolute Gasteiger partial charge is 0.454 e. The number of sulfone groups is 1. The Balaban J connectivity index is 1.26. The molecule has 1 aliphatic heterocycles. The number of benzene rings is 2. The number of halogens is 1. The number of hydrogen-bond acceptors (Lipinski definition) is 8. The first-order chi connectivity index (χ1) is 14.9. The van der Waals surface area contributed by atoms with E-state index in [0.717, 1.165) is 17.7 Å². The van der Waals surface area contributed by atoms with E-state index < -0.39 is 21.6 Å². The lowest BCUT2D eigenvalue weighted by molar-refractivity contribution is -0.116. The van der Waals surface area contributed by atoms with Crippen LogP contribution in [0.5, 0.6) is 11.5 Å². The van der Waals surface area contributed by atoms with E-state index in [1.54, 1.807) is 6.07 Å². The van der Waals surface area contributed by atoms with Crippen LogP contribution in [0.4, 0.5) is 10.4 Å². The predicted octanol–water partition coefficient (Wildman–Crippen LogP) is 2.72. The molecule has 1 amide bonds. The highest BCUT2D eigenvalue weighted by molar-refractivity contribution is 7.91. The second kappa shape index (κ2) is 8.72. The number of ether oxygens (including phenoxy) is 2. The zero-order chi connectivity index (χ0) is 21.8. The van der Waals surface area contributed by atoms with Crippen molar-refractivity contribution in [3.05, 3.63) is 59.7 Å². The Kier molecular flexibility index (Phi) is 5.85. The Morgan fingerprint density at radius 1 is 1.06 bits per heavy atom. The topological polar surface area (TPSA) is 121 Å². The molecule has 1 aromatic heterocycles. The Morgan fingerprint density at radius 3 is 2.65 bits per heavy atom. The molecule has 0 spiro atoms. The summed E-state index contributed by atoms with van der Waals surface area (Å²) in [7, 11) is -3.60. The molecule has 0 fully saturated rings. The van der Waals surface area contributed by atoms with Gasteiger partial charge in [0.1, 0.15) is 5.82 Å². The minimum atomic E-state index is -3.60. The van der Waals surface area contributed by atoms with E-state index in [0.29, 0.717) is 23.8 Å². The van der Waals surface area contributed by atoms with Gasteiger partial charge in [0.05, 0.1) is 17.1 Å². The maximum atomic E-state index is 12.9. The lowest BCUT2D eigenvalue weighted by Crippen LogP contribution is -2.14. The van der Waals surface area contributed by atoms with E-state index in [9.17, 15) is 17.6 Å². The SMILES string of the molecule is O=C(CCCS(=O)(=O)c1ccc(F)cc1)Nc1nnc(Cc2ccc3c(c2)OCO3)o1. The molecule has 11 heteroatoms. The van der Waals surface area contributed by atoms with Crippen LogP contribution in [0.1, 0.15) is 24.3 Å². The summed E-state index contributed by atoms with van der Waals surface area (Å²) in [6.07, 6.45) is 0.374. The number of hydrogen-bond donors (Lipinski definition) is 1. The zero-order valence-electron chi connectivity index (χ0n) is 16.2. The molecule has 1 aliphatic rings. The van der Waals surface area contributed by atoms with Gasteiger partial charge >= 0.3 is 6.01 Å². The van der Waals surface area contributed by atoms with E-state index in [2.05, 4.69) is 15.5 Å². The van der Waals surface area contributed by atoms with Crippen molar-refractivity contribution >= 4 is 21.8 Å². The van der Waals surface area contributed by atoms with Crippen molar-refractivity contribution in [2.75, 3.05) is 17.9 Å². The van der Waals surface area contributed by atoms with Gasteiger partial charge in [-0.25, -0.2) is 12.8 Å². The van der Waals surface area contributed by atoms with Crippen molar-refractivity contribution in [1.82, 2.24) is 10.2 Å². The number of rotatable bonds is 8. The van der Waals surface area contributed by atoms with E-state index >= 15 is 0 Å². The molecule has 0 unspecified atom stereocenters. The van der Waals surface area contributed by atoms with Gasteiger partial charge in [-0.15, -0.1) is 5.10 Å². The van der Waals surface area contributed by atoms with Crippen molar-refractivity contribution < 1.29 is 31.5 Å². The molecule has 1 N–H and O–H groups in total. The molecule has 0 aliphatic carbocycles. The number of carbonyl (C=O) groups is 1. The lowest BCUT2D eigenvalue weighted by atomic mass is 10.1. The first-order valence-corrected chi connectivity index (χ1v) is 11.0. The molecule has 9 nitrogen and oxygen atoms in total. The van der Waals surface area contributed by atoms with Crippen LogP contribution in [0, 0.1) is 5.82 Å². The lowest BCUT2D eigenvalue weighted by Gasteiger charge is -2.04. The number of fused-ring (bicyclic) bond motifs is 1. The van der Waals surface area contributed by atoms with Crippen LogP contribution in [-0.4, -0.2) is 37.1 Å². The van der Waals surface area contributed by atoms with E-state index in [-0.39, 0.29) is 36.3 Å². The molecule has 0 radical (unpaired) electrons. The third-order valence-electron chi connectivity index (χ3n) is 4.50. The molecular formula is C20H18FN3O6S. The maximum Gasteiger partial charge on any atom is 0.322 e. The number of amides is 1. The molecule has 3 aromatic rings. The van der Waals surface area contributed by atoms with Gasteiger partial charge in [0.2, 0.25) is 18.6 Å². The highest BCUT2D eigenvalue weighted by Gasteiger charge is 2.17. The fourth-order valence-corrected chi connectivity index (χ4v) is 4.28. The summed E-state index contributed by atoms with van der Waals surface area (Å²) >= 11 is 0. The second-order valence-electron chi connectivity index (χ2n) is 6.79. The van der Waals surface area contributed by atoms with Crippen molar-refractivity contribution in [3.8, 4) is 11.5 Å². The van der Waals surface area contributed by atoms with Crippen LogP contribution in [0.15, 0.2) is 51.8 Å². The van der Waals surface area contributed by atoms with Gasteiger partial charge in [0.15, 0.2) is 21.3 Å². The summed E-state index contributed by atoms with van der Waals surface area (Å²) < 4.78 is 53.4. The first-order valence-electron chi connectivity index (χ1n) is 9.38. The van der Waals surface area contributed by atoms with Gasteiger partial charge in [-0.2, -0.15) is 0 Å². The summed E-state index contributed by atoms with van der Waals surface area (Å²) in [5.74, 6) is 0.395. The molecular weight excluding hydrogens is 429 g/mol. The second-order valence-corrected chi connectivity index (χ2v) is 8.90. The molecule has 0 saturated carbocycles. The van der Waals surface area contributed by atoms with Gasteiger partial charge < -0.3 is 13.9 Å². The highest BCUT2D eigenvalue weighted by Crippen LogP contribution is 2.33. The van der Waals surface area contributed by atoms with Gasteiger partial charge in [0.25, 0.3) is 0 Å². The Bertz CT molecular complexity index is 1190. The first kappa shape index (κ1) is 20.8. The van der Waals surface area contributed by atoms with E-state index in [1.807, 2.05) is 12.1 Å². The van der Waals surface area contributed by atoms with Gasteiger partial charge in [-0.1, -0.05) is 11.2 Å². The normalized spacial score (nSPS) is 12.7. The molecule has 0 bridgehead atoms. The molecule has 31 heavy (non-hydrogen) atoms. The van der Waals surface area contributed by atoms with Gasteiger partial charge in [-0.3, -0.25) is 10.1 Å². The van der Waals surface area contributed by atoms with Crippen molar-refractivity contribution in [2.24, 2.45) is 0 Å². The van der Waals surface area contributed by atoms with Crippen LogP contribution in [0.3, 0.4) is 0 Å². The van der Waals surface area contributed by atoms with Crippen LogP contribution in [0.25, 0.3) is 0 Å². The average molecular weight is 447 g/mol. The summed E-state index contributed by atoms with van der Waals surface area (Å²) in [5.41, 5.74) is 0.872. The molecule has 0 saturated heterocycles. The standard InChI is InChI=1S/C20H18FN3O6S/c21-14-4-6-15(7-5-14)31(26,27)9-1-2-18(25)22-20-24-23-19(30-20)11-13-3-8-16-17(10-13)29-12-28-16/h3-8,10H,1-2,9,11-12H2,(H,22,24,25). The number of nitrogens with one attached hydrogen (secondary N) is 1. The number of carbonyl (C=O) groups excluding carboxylic acids is 1. The summed E-state index contributed by atoms with van der Waals surface area (Å²) in [4.78, 5) is 12.1. The third-order valence-corrected chi connectivity index (χ3v) is 6.31. The van der Waals surface area contributed by atoms with Crippen molar-refractivity contribution in [2.45, 2.75) is 24.2 Å². The van der Waals surface area contributed by atoms with Crippen molar-refractivity contribution in [1.29, 1.82) is 0 Å². The third kappa shape index (κ3) is 5.18. The smallest absolute Gasteiger partial charge is 0.322 e. The van der Waals surface area contributed by atoms with Crippen LogP contribution < -0.4 is 14.8 Å². The Labute approximate surface area is 177 Å². The highest BCUT2D eigenvalue weighted by atomic mass is 32.2. The van der Waals surface area contributed by atoms with Crippen LogP contribution >= 0.6 is 0 Å². The summed E-state index contributed by atoms with van der Waals surface area (Å²) in [6, 6.07) is 9.94. The Morgan fingerprint density at radius 2 is 1.84 bits per heavy atom. The average Bonchev–Trinajstić information content (AvgIpc) is 3.37. The molecule has 162 valence electrons. The Hall–Kier alpha value is -3.47. The fourth-order valence-electron chi connectivity index (χ4n) is 2.97. The van der Waals surface area contributed by atoms with Crippen LogP contribution in [0.2, 0.25) is 0 Å².